The van der Waals surface area contributed by atoms with Gasteiger partial charge in [-0.15, -0.1) is 0 Å². The smallest absolute Gasteiger partial charge is 0.247 e. The summed E-state index contributed by atoms with van der Waals surface area (Å²) in [5, 5.41) is 3.64. The minimum Gasteiger partial charge on any atom is -0.497 e. The molecule has 0 saturated heterocycles. The topological polar surface area (TPSA) is 67.9 Å². The number of carbonyl (C=O) groups is 2. The largest absolute Gasteiger partial charge is 0.497 e. The highest BCUT2D eigenvalue weighted by Crippen LogP contribution is 2.27. The maximum atomic E-state index is 13.6. The van der Waals surface area contributed by atoms with E-state index in [1.807, 2.05) is 62.4 Å². The van der Waals surface area contributed by atoms with Crippen LogP contribution in [0.5, 0.6) is 11.5 Å². The lowest BCUT2D eigenvalue weighted by molar-refractivity contribution is -0.143. The molecule has 0 aliphatic heterocycles. The van der Waals surface area contributed by atoms with E-state index in [4.69, 9.17) is 21.1 Å². The predicted molar refractivity (Wildman–Crippen MR) is 142 cm³/mol. The van der Waals surface area contributed by atoms with Gasteiger partial charge in [0.2, 0.25) is 11.8 Å². The predicted octanol–water partition coefficient (Wildman–Crippen LogP) is 5.58. The second kappa shape index (κ2) is 13.0. The van der Waals surface area contributed by atoms with Crippen molar-refractivity contribution in [3.05, 3.63) is 94.5 Å². The lowest BCUT2D eigenvalue weighted by atomic mass is 10.0. The van der Waals surface area contributed by atoms with Crippen molar-refractivity contribution in [2.24, 2.45) is 0 Å². The van der Waals surface area contributed by atoms with E-state index < -0.39 is 6.04 Å². The Balaban J connectivity index is 1.82. The third-order valence-electron chi connectivity index (χ3n) is 5.97. The summed E-state index contributed by atoms with van der Waals surface area (Å²) in [5.41, 5.74) is 2.67. The minimum atomic E-state index is -0.786. The van der Waals surface area contributed by atoms with E-state index in [1.54, 1.807) is 43.4 Å². The Kier molecular flexibility index (Phi) is 9.77. The number of aryl methyl sites for hydroxylation is 1. The van der Waals surface area contributed by atoms with Crippen LogP contribution in [0, 0.1) is 0 Å². The Labute approximate surface area is 218 Å². The maximum absolute atomic E-state index is 13.6. The molecule has 3 aromatic rings. The van der Waals surface area contributed by atoms with Crippen LogP contribution in [0.15, 0.2) is 72.8 Å². The number of ether oxygens (including phenoxy) is 2. The van der Waals surface area contributed by atoms with Crippen LogP contribution in [0.1, 0.15) is 43.0 Å². The zero-order chi connectivity index (χ0) is 26.1. The Bertz CT molecular complexity index is 1130. The Hall–Kier alpha value is -3.51. The first-order chi connectivity index (χ1) is 17.3. The number of hydrogen-bond donors (Lipinski definition) is 1. The summed E-state index contributed by atoms with van der Waals surface area (Å²) in [6, 6.07) is 21.2. The van der Waals surface area contributed by atoms with Gasteiger partial charge in [-0.1, -0.05) is 48.0 Å². The number of carbonyl (C=O) groups excluding carboxylic acids is 2. The van der Waals surface area contributed by atoms with Crippen molar-refractivity contribution in [3.63, 3.8) is 0 Å². The molecule has 3 aromatic carbocycles. The van der Waals surface area contributed by atoms with Crippen LogP contribution in [0.3, 0.4) is 0 Å². The van der Waals surface area contributed by atoms with Crippen molar-refractivity contribution in [3.8, 4) is 11.5 Å². The molecule has 0 heterocycles. The number of hydrogen-bond acceptors (Lipinski definition) is 4. The Morgan fingerprint density at radius 1 is 0.833 bits per heavy atom. The summed E-state index contributed by atoms with van der Waals surface area (Å²) < 4.78 is 10.5. The van der Waals surface area contributed by atoms with E-state index >= 15 is 0 Å². The molecule has 1 N–H and O–H groups in total. The molecule has 7 heteroatoms. The fourth-order valence-corrected chi connectivity index (χ4v) is 4.14. The van der Waals surface area contributed by atoms with E-state index in [0.29, 0.717) is 23.7 Å². The van der Waals surface area contributed by atoms with Crippen LogP contribution < -0.4 is 14.8 Å². The highest BCUT2D eigenvalue weighted by Gasteiger charge is 2.33. The molecular formula is C29H33ClN2O4. The van der Waals surface area contributed by atoms with E-state index in [0.717, 1.165) is 22.4 Å². The number of nitrogens with one attached hydrogen (secondary N) is 1. The van der Waals surface area contributed by atoms with Gasteiger partial charge in [-0.2, -0.15) is 0 Å². The first-order valence-electron chi connectivity index (χ1n) is 11.9. The molecule has 0 saturated carbocycles. The highest BCUT2D eigenvalue weighted by atomic mass is 35.5. The average molecular weight is 509 g/mol. The molecule has 1 atom stereocenters. The number of nitrogens with zero attached hydrogens (tertiary/aromatic N) is 1. The summed E-state index contributed by atoms with van der Waals surface area (Å²) in [6.45, 7) is 4.18. The van der Waals surface area contributed by atoms with Gasteiger partial charge in [0.15, 0.2) is 0 Å². The highest BCUT2D eigenvalue weighted by molar-refractivity contribution is 6.30. The van der Waals surface area contributed by atoms with Crippen LogP contribution in [-0.4, -0.2) is 37.0 Å². The van der Waals surface area contributed by atoms with Gasteiger partial charge in [0, 0.05) is 24.0 Å². The van der Waals surface area contributed by atoms with Crippen molar-refractivity contribution in [1.82, 2.24) is 10.2 Å². The Morgan fingerprint density at radius 3 is 1.89 bits per heavy atom. The van der Waals surface area contributed by atoms with Crippen molar-refractivity contribution in [2.45, 2.75) is 45.3 Å². The van der Waals surface area contributed by atoms with Gasteiger partial charge in [-0.25, -0.2) is 0 Å². The van der Waals surface area contributed by atoms with E-state index in [9.17, 15) is 9.59 Å². The van der Waals surface area contributed by atoms with E-state index in [2.05, 4.69) is 5.32 Å². The summed E-state index contributed by atoms with van der Waals surface area (Å²) in [6.07, 6.45) is 0.843. The molecule has 3 rings (SSSR count). The number of amides is 2. The van der Waals surface area contributed by atoms with Gasteiger partial charge in [0.1, 0.15) is 17.5 Å². The number of methoxy groups -OCH3 is 2. The lowest BCUT2D eigenvalue weighted by Crippen LogP contribution is -2.47. The molecule has 0 bridgehead atoms. The van der Waals surface area contributed by atoms with Crippen LogP contribution in [0.4, 0.5) is 0 Å². The summed E-state index contributed by atoms with van der Waals surface area (Å²) >= 11 is 5.98. The third-order valence-corrected chi connectivity index (χ3v) is 6.22. The van der Waals surface area contributed by atoms with Crippen LogP contribution in [-0.2, 0) is 22.6 Å². The average Bonchev–Trinajstić information content (AvgIpc) is 2.90. The fraction of sp³-hybridized carbons (Fsp3) is 0.310. The zero-order valence-electron chi connectivity index (χ0n) is 21.2. The molecule has 0 fully saturated rings. The summed E-state index contributed by atoms with van der Waals surface area (Å²) in [4.78, 5) is 28.7. The van der Waals surface area contributed by atoms with Gasteiger partial charge in [0.25, 0.3) is 0 Å². The number of benzene rings is 3. The number of halogens is 1. The molecule has 190 valence electrons. The summed E-state index contributed by atoms with van der Waals surface area (Å²) in [5.74, 6) is 1.11. The van der Waals surface area contributed by atoms with E-state index in [-0.39, 0.29) is 24.3 Å². The van der Waals surface area contributed by atoms with Crippen molar-refractivity contribution >= 4 is 23.4 Å². The lowest BCUT2D eigenvalue weighted by Gasteiger charge is -2.35. The van der Waals surface area contributed by atoms with Crippen molar-refractivity contribution in [2.75, 3.05) is 14.2 Å². The zero-order valence-corrected chi connectivity index (χ0v) is 21.9. The fourth-order valence-electron chi connectivity index (χ4n) is 4.02. The van der Waals surface area contributed by atoms with Gasteiger partial charge in [0.05, 0.1) is 14.2 Å². The normalized spacial score (nSPS) is 11.6. The van der Waals surface area contributed by atoms with Crippen LogP contribution in [0.25, 0.3) is 0 Å². The molecule has 6 nitrogen and oxygen atoms in total. The molecule has 0 aliphatic rings. The summed E-state index contributed by atoms with van der Waals surface area (Å²) in [7, 11) is 3.21. The number of rotatable bonds is 11. The molecule has 1 unspecified atom stereocenters. The molecule has 2 amide bonds. The molecular weight excluding hydrogens is 476 g/mol. The molecule has 0 aliphatic carbocycles. The molecule has 36 heavy (non-hydrogen) atoms. The second-order valence-electron chi connectivity index (χ2n) is 8.76. The first kappa shape index (κ1) is 27.1. The monoisotopic (exact) mass is 508 g/mol. The van der Waals surface area contributed by atoms with Crippen molar-refractivity contribution in [1.29, 1.82) is 0 Å². The van der Waals surface area contributed by atoms with Gasteiger partial charge >= 0.3 is 0 Å². The maximum Gasteiger partial charge on any atom is 0.247 e. The quantitative estimate of drug-likeness (QED) is 0.367. The minimum absolute atomic E-state index is 0.0942. The van der Waals surface area contributed by atoms with E-state index in [1.165, 1.54) is 0 Å². The first-order valence-corrected chi connectivity index (χ1v) is 12.3. The molecule has 0 aromatic heterocycles. The Morgan fingerprint density at radius 2 is 1.36 bits per heavy atom. The SMILES string of the molecule is COc1ccc(CCC(=O)N(C(C)C)C(C(=O)NCc2ccc(Cl)cc2)c2ccc(OC)cc2)cc1. The van der Waals surface area contributed by atoms with Crippen molar-refractivity contribution < 1.29 is 19.1 Å². The van der Waals surface area contributed by atoms with Crippen LogP contribution >= 0.6 is 11.6 Å². The van der Waals surface area contributed by atoms with Crippen LogP contribution in [0.2, 0.25) is 5.02 Å². The molecule has 0 radical (unpaired) electrons. The third kappa shape index (κ3) is 7.25. The second-order valence-corrected chi connectivity index (χ2v) is 9.20. The standard InChI is InChI=1S/C29H33ClN2O4/c1-20(2)32(27(33)18-9-21-7-14-25(35-3)15-8-21)28(23-10-16-26(36-4)17-11-23)29(34)31-19-22-5-12-24(30)13-6-22/h5-8,10-17,20,28H,9,18-19H2,1-4H3,(H,31,34). The van der Waals surface area contributed by atoms with Gasteiger partial charge in [-0.3, -0.25) is 9.59 Å². The van der Waals surface area contributed by atoms with Gasteiger partial charge < -0.3 is 19.7 Å². The van der Waals surface area contributed by atoms with Gasteiger partial charge in [-0.05, 0) is 73.4 Å². The molecule has 0 spiro atoms.